The van der Waals surface area contributed by atoms with Crippen molar-refractivity contribution >= 4 is 21.8 Å². The van der Waals surface area contributed by atoms with E-state index in [-0.39, 0.29) is 11.7 Å². The van der Waals surface area contributed by atoms with Crippen LogP contribution in [0.25, 0.3) is 0 Å². The van der Waals surface area contributed by atoms with Gasteiger partial charge in [0.05, 0.1) is 5.56 Å². The van der Waals surface area contributed by atoms with Crippen LogP contribution in [-0.4, -0.2) is 42.1 Å². The maximum Gasteiger partial charge on any atom is 0.255 e. The SMILES string of the molecule is CCCN(CC)CCNC(=O)c1ccc(Br)cc1O. The number of nitrogens with one attached hydrogen (secondary N) is 1. The number of hydrogen-bond acceptors (Lipinski definition) is 3. The maximum absolute atomic E-state index is 11.9. The van der Waals surface area contributed by atoms with Crippen LogP contribution in [0.1, 0.15) is 30.6 Å². The van der Waals surface area contributed by atoms with Crippen molar-refractivity contribution in [1.29, 1.82) is 0 Å². The van der Waals surface area contributed by atoms with E-state index in [4.69, 9.17) is 0 Å². The third-order valence-corrected chi connectivity index (χ3v) is 3.40. The normalized spacial score (nSPS) is 10.7. The van der Waals surface area contributed by atoms with E-state index >= 15 is 0 Å². The third-order valence-electron chi connectivity index (χ3n) is 2.91. The largest absolute Gasteiger partial charge is 0.507 e. The summed E-state index contributed by atoms with van der Waals surface area (Å²) in [6.07, 6.45) is 1.11. The summed E-state index contributed by atoms with van der Waals surface area (Å²) in [6.45, 7) is 7.68. The van der Waals surface area contributed by atoms with Crippen LogP contribution in [0, 0.1) is 0 Å². The number of nitrogens with zero attached hydrogens (tertiary/aromatic N) is 1. The van der Waals surface area contributed by atoms with Crippen LogP contribution in [0.2, 0.25) is 0 Å². The van der Waals surface area contributed by atoms with Gasteiger partial charge in [0, 0.05) is 17.6 Å². The molecule has 1 aromatic carbocycles. The Labute approximate surface area is 122 Å². The second-order valence-electron chi connectivity index (χ2n) is 4.35. The van der Waals surface area contributed by atoms with E-state index in [1.165, 1.54) is 6.07 Å². The summed E-state index contributed by atoms with van der Waals surface area (Å²) in [5.41, 5.74) is 0.307. The molecule has 0 aliphatic rings. The summed E-state index contributed by atoms with van der Waals surface area (Å²) in [7, 11) is 0. The van der Waals surface area contributed by atoms with Crippen LogP contribution in [0.15, 0.2) is 22.7 Å². The molecule has 2 N–H and O–H groups in total. The molecule has 0 atom stereocenters. The molecular formula is C14H21BrN2O2. The molecule has 4 nitrogen and oxygen atoms in total. The minimum absolute atomic E-state index is 0.00668. The van der Waals surface area contributed by atoms with Crippen molar-refractivity contribution in [3.8, 4) is 5.75 Å². The number of carbonyl (C=O) groups is 1. The molecule has 0 unspecified atom stereocenters. The number of halogens is 1. The fourth-order valence-corrected chi connectivity index (χ4v) is 2.21. The first-order valence-corrected chi connectivity index (χ1v) is 7.36. The molecule has 1 rings (SSSR count). The van der Waals surface area contributed by atoms with Gasteiger partial charge in [-0.3, -0.25) is 4.79 Å². The Morgan fingerprint density at radius 1 is 1.37 bits per heavy atom. The number of hydrogen-bond donors (Lipinski definition) is 2. The average molecular weight is 329 g/mol. The van der Waals surface area contributed by atoms with Crippen LogP contribution in [0.5, 0.6) is 5.75 Å². The highest BCUT2D eigenvalue weighted by Gasteiger charge is 2.11. The minimum Gasteiger partial charge on any atom is -0.507 e. The Balaban J connectivity index is 2.47. The number of likely N-dealkylation sites (N-methyl/N-ethyl adjacent to an activating group) is 1. The molecule has 19 heavy (non-hydrogen) atoms. The molecule has 0 saturated heterocycles. The summed E-state index contributed by atoms with van der Waals surface area (Å²) in [5.74, 6) is -0.245. The van der Waals surface area contributed by atoms with E-state index in [9.17, 15) is 9.90 Å². The number of amides is 1. The van der Waals surface area contributed by atoms with Gasteiger partial charge in [0.2, 0.25) is 0 Å². The van der Waals surface area contributed by atoms with E-state index in [2.05, 4.69) is 40.0 Å². The molecule has 1 amide bonds. The fraction of sp³-hybridized carbons (Fsp3) is 0.500. The lowest BCUT2D eigenvalue weighted by atomic mass is 10.2. The van der Waals surface area contributed by atoms with Crippen LogP contribution < -0.4 is 5.32 Å². The molecule has 1 aromatic rings. The zero-order chi connectivity index (χ0) is 14.3. The molecule has 0 bridgehead atoms. The van der Waals surface area contributed by atoms with Gasteiger partial charge >= 0.3 is 0 Å². The van der Waals surface area contributed by atoms with Crippen LogP contribution in [0.3, 0.4) is 0 Å². The van der Waals surface area contributed by atoms with Crippen molar-refractivity contribution in [2.24, 2.45) is 0 Å². The quantitative estimate of drug-likeness (QED) is 0.809. The Morgan fingerprint density at radius 3 is 2.68 bits per heavy atom. The molecule has 0 spiro atoms. The topological polar surface area (TPSA) is 52.6 Å². The Morgan fingerprint density at radius 2 is 2.11 bits per heavy atom. The fourth-order valence-electron chi connectivity index (χ4n) is 1.86. The Bertz CT molecular complexity index is 424. The van der Waals surface area contributed by atoms with Crippen LogP contribution >= 0.6 is 15.9 Å². The van der Waals surface area contributed by atoms with E-state index < -0.39 is 0 Å². The van der Waals surface area contributed by atoms with E-state index in [1.807, 2.05) is 0 Å². The predicted molar refractivity (Wildman–Crippen MR) is 80.5 cm³/mol. The molecule has 0 saturated carbocycles. The lowest BCUT2D eigenvalue weighted by Crippen LogP contribution is -2.35. The monoisotopic (exact) mass is 328 g/mol. The zero-order valence-corrected chi connectivity index (χ0v) is 13.0. The summed E-state index contributed by atoms with van der Waals surface area (Å²) in [5, 5.41) is 12.5. The molecule has 0 aliphatic carbocycles. The highest BCUT2D eigenvalue weighted by Crippen LogP contribution is 2.21. The zero-order valence-electron chi connectivity index (χ0n) is 11.4. The summed E-state index contributed by atoms with van der Waals surface area (Å²) in [4.78, 5) is 14.2. The van der Waals surface area contributed by atoms with Gasteiger partial charge < -0.3 is 15.3 Å². The average Bonchev–Trinajstić information content (AvgIpc) is 2.37. The van der Waals surface area contributed by atoms with Crippen molar-refractivity contribution in [3.05, 3.63) is 28.2 Å². The molecule has 0 heterocycles. The lowest BCUT2D eigenvalue weighted by molar-refractivity contribution is 0.0946. The van der Waals surface area contributed by atoms with Gasteiger partial charge in [0.15, 0.2) is 0 Å². The van der Waals surface area contributed by atoms with Gasteiger partial charge in [0.1, 0.15) is 5.75 Å². The number of aromatic hydroxyl groups is 1. The second kappa shape index (κ2) is 8.17. The van der Waals surface area contributed by atoms with Gasteiger partial charge in [-0.25, -0.2) is 0 Å². The first-order chi connectivity index (χ1) is 9.08. The highest BCUT2D eigenvalue weighted by atomic mass is 79.9. The first-order valence-electron chi connectivity index (χ1n) is 6.57. The van der Waals surface area contributed by atoms with Gasteiger partial charge in [-0.1, -0.05) is 29.8 Å². The molecular weight excluding hydrogens is 308 g/mol. The van der Waals surface area contributed by atoms with Crippen molar-refractivity contribution in [1.82, 2.24) is 10.2 Å². The van der Waals surface area contributed by atoms with Crippen molar-refractivity contribution in [3.63, 3.8) is 0 Å². The summed E-state index contributed by atoms with van der Waals surface area (Å²) in [6, 6.07) is 4.87. The number of rotatable bonds is 7. The number of carbonyl (C=O) groups excluding carboxylic acids is 1. The Hall–Kier alpha value is -1.07. The molecule has 5 heteroatoms. The third kappa shape index (κ3) is 5.20. The smallest absolute Gasteiger partial charge is 0.255 e. The first kappa shape index (κ1) is 16.0. The molecule has 0 fully saturated rings. The Kier molecular flexibility index (Phi) is 6.87. The van der Waals surface area contributed by atoms with Crippen molar-refractivity contribution < 1.29 is 9.90 Å². The van der Waals surface area contributed by atoms with Gasteiger partial charge in [-0.2, -0.15) is 0 Å². The van der Waals surface area contributed by atoms with Crippen LogP contribution in [-0.2, 0) is 0 Å². The van der Waals surface area contributed by atoms with E-state index in [0.717, 1.165) is 30.5 Å². The highest BCUT2D eigenvalue weighted by molar-refractivity contribution is 9.10. The lowest BCUT2D eigenvalue weighted by Gasteiger charge is -2.19. The standard InChI is InChI=1S/C14H21BrN2O2/c1-3-8-17(4-2)9-7-16-14(19)12-6-5-11(15)10-13(12)18/h5-6,10,18H,3-4,7-9H2,1-2H3,(H,16,19). The van der Waals surface area contributed by atoms with E-state index in [1.54, 1.807) is 12.1 Å². The van der Waals surface area contributed by atoms with Crippen molar-refractivity contribution in [2.45, 2.75) is 20.3 Å². The molecule has 0 radical (unpaired) electrons. The molecule has 0 aliphatic heterocycles. The number of phenolic OH excluding ortho intramolecular Hbond substituents is 1. The molecule has 106 valence electrons. The predicted octanol–water partition coefficient (Wildman–Crippen LogP) is 2.62. The second-order valence-corrected chi connectivity index (χ2v) is 5.27. The minimum atomic E-state index is -0.238. The van der Waals surface area contributed by atoms with Gasteiger partial charge in [-0.05, 0) is 37.7 Å². The van der Waals surface area contributed by atoms with Crippen LogP contribution in [0.4, 0.5) is 0 Å². The number of phenols is 1. The molecule has 0 aromatic heterocycles. The number of benzene rings is 1. The van der Waals surface area contributed by atoms with E-state index in [0.29, 0.717) is 12.1 Å². The van der Waals surface area contributed by atoms with Gasteiger partial charge in [-0.15, -0.1) is 0 Å². The summed E-state index contributed by atoms with van der Waals surface area (Å²) >= 11 is 3.25. The van der Waals surface area contributed by atoms with Gasteiger partial charge in [0.25, 0.3) is 5.91 Å². The maximum atomic E-state index is 11.9. The van der Waals surface area contributed by atoms with Crippen molar-refractivity contribution in [2.75, 3.05) is 26.2 Å². The summed E-state index contributed by atoms with van der Waals surface area (Å²) < 4.78 is 0.752.